The fourth-order valence-electron chi connectivity index (χ4n) is 4.50. The van der Waals surface area contributed by atoms with Crippen molar-refractivity contribution in [2.75, 3.05) is 19.1 Å². The maximum atomic E-state index is 14.3. The normalized spacial score (nSPS) is 14.4. The van der Waals surface area contributed by atoms with Gasteiger partial charge >= 0.3 is 0 Å². The van der Waals surface area contributed by atoms with Crippen LogP contribution in [0.5, 0.6) is 11.5 Å². The van der Waals surface area contributed by atoms with Crippen molar-refractivity contribution in [3.8, 4) is 11.5 Å². The second-order valence-electron chi connectivity index (χ2n) is 8.50. The molecule has 0 saturated heterocycles. The van der Waals surface area contributed by atoms with Crippen molar-refractivity contribution < 1.29 is 23.5 Å². The standard InChI is InChI=1S/C27H29FN2O4S/c1-33-21-12-13-23(24(16-21)34-2)26(27(32)29-19-8-3-4-9-19)30(20-10-5-7-18(28)15-20)25(31)17-22-11-6-14-35-22/h5-7,10-16,19,26H,3-4,8-9,17H2,1-2H3,(H,29,32). The fraction of sp³-hybridized carbons (Fsp3) is 0.333. The van der Waals surface area contributed by atoms with Crippen LogP contribution in [0, 0.1) is 5.82 Å². The fourth-order valence-corrected chi connectivity index (χ4v) is 5.20. The summed E-state index contributed by atoms with van der Waals surface area (Å²) in [5, 5.41) is 5.02. The minimum Gasteiger partial charge on any atom is -0.497 e. The Labute approximate surface area is 208 Å². The maximum Gasteiger partial charge on any atom is 0.248 e. The van der Waals surface area contributed by atoms with Gasteiger partial charge in [-0.05, 0) is 54.6 Å². The number of carbonyl (C=O) groups is 2. The van der Waals surface area contributed by atoms with Crippen molar-refractivity contribution in [1.29, 1.82) is 0 Å². The smallest absolute Gasteiger partial charge is 0.248 e. The van der Waals surface area contributed by atoms with Crippen LogP contribution >= 0.6 is 11.3 Å². The summed E-state index contributed by atoms with van der Waals surface area (Å²) in [6, 6.07) is 13.6. The van der Waals surface area contributed by atoms with Crippen molar-refractivity contribution in [3.05, 3.63) is 76.2 Å². The highest BCUT2D eigenvalue weighted by atomic mass is 32.1. The lowest BCUT2D eigenvalue weighted by Crippen LogP contribution is -2.47. The zero-order chi connectivity index (χ0) is 24.8. The molecule has 1 aliphatic carbocycles. The monoisotopic (exact) mass is 496 g/mol. The number of carbonyl (C=O) groups excluding carboxylic acids is 2. The Kier molecular flexibility index (Phi) is 8.02. The second-order valence-corrected chi connectivity index (χ2v) is 9.53. The van der Waals surface area contributed by atoms with Crippen LogP contribution in [0.1, 0.15) is 42.2 Å². The van der Waals surface area contributed by atoms with Gasteiger partial charge < -0.3 is 14.8 Å². The van der Waals surface area contributed by atoms with E-state index in [4.69, 9.17) is 9.47 Å². The first kappa shape index (κ1) is 24.7. The van der Waals surface area contributed by atoms with Gasteiger partial charge in [0.15, 0.2) is 0 Å². The molecule has 2 amide bonds. The van der Waals surface area contributed by atoms with Crippen molar-refractivity contribution in [2.45, 2.75) is 44.2 Å². The van der Waals surface area contributed by atoms with Gasteiger partial charge in [0.25, 0.3) is 0 Å². The molecule has 1 heterocycles. The van der Waals surface area contributed by atoms with Gasteiger partial charge in [0.1, 0.15) is 23.4 Å². The third-order valence-corrected chi connectivity index (χ3v) is 7.08. The highest BCUT2D eigenvalue weighted by Gasteiger charge is 2.36. The Bertz CT molecular complexity index is 1160. The van der Waals surface area contributed by atoms with E-state index >= 15 is 0 Å². The predicted molar refractivity (Wildman–Crippen MR) is 135 cm³/mol. The van der Waals surface area contributed by atoms with Crippen LogP contribution in [-0.2, 0) is 16.0 Å². The Hall–Kier alpha value is -3.39. The predicted octanol–water partition coefficient (Wildman–Crippen LogP) is 5.28. The van der Waals surface area contributed by atoms with Crippen LogP contribution in [-0.4, -0.2) is 32.1 Å². The highest BCUT2D eigenvalue weighted by Crippen LogP contribution is 2.37. The van der Waals surface area contributed by atoms with E-state index in [1.165, 1.54) is 41.5 Å². The number of methoxy groups -OCH3 is 2. The Morgan fingerprint density at radius 2 is 1.89 bits per heavy atom. The number of hydrogen-bond donors (Lipinski definition) is 1. The molecule has 0 radical (unpaired) electrons. The zero-order valence-electron chi connectivity index (χ0n) is 19.8. The van der Waals surface area contributed by atoms with Crippen molar-refractivity contribution in [3.63, 3.8) is 0 Å². The number of ether oxygens (including phenoxy) is 2. The van der Waals surface area contributed by atoms with Crippen molar-refractivity contribution in [2.24, 2.45) is 0 Å². The third-order valence-electron chi connectivity index (χ3n) is 6.20. The summed E-state index contributed by atoms with van der Waals surface area (Å²) in [6.07, 6.45) is 3.96. The van der Waals surface area contributed by atoms with Gasteiger partial charge in [0.05, 0.1) is 20.6 Å². The molecule has 0 aliphatic heterocycles. The van der Waals surface area contributed by atoms with Crippen LogP contribution in [0.15, 0.2) is 60.0 Å². The molecule has 1 fully saturated rings. The molecule has 1 N–H and O–H groups in total. The molecular weight excluding hydrogens is 467 g/mol. The molecule has 1 unspecified atom stereocenters. The second kappa shape index (κ2) is 11.4. The average Bonchev–Trinajstić information content (AvgIpc) is 3.56. The number of hydrogen-bond acceptors (Lipinski definition) is 5. The number of amides is 2. The molecule has 0 spiro atoms. The molecular formula is C27H29FN2O4S. The number of thiophene rings is 1. The first-order valence-electron chi connectivity index (χ1n) is 11.6. The molecule has 1 atom stereocenters. The molecule has 1 saturated carbocycles. The van der Waals surface area contributed by atoms with Gasteiger partial charge in [0, 0.05) is 28.2 Å². The summed E-state index contributed by atoms with van der Waals surface area (Å²) >= 11 is 1.46. The molecule has 1 aromatic heterocycles. The Morgan fingerprint density at radius 1 is 1.09 bits per heavy atom. The first-order chi connectivity index (χ1) is 17.0. The summed E-state index contributed by atoms with van der Waals surface area (Å²) < 4.78 is 25.3. The van der Waals surface area contributed by atoms with Crippen LogP contribution < -0.4 is 19.7 Å². The molecule has 184 valence electrons. The average molecular weight is 497 g/mol. The van der Waals surface area contributed by atoms with Crippen LogP contribution in [0.4, 0.5) is 10.1 Å². The number of halogens is 1. The molecule has 3 aromatic rings. The van der Waals surface area contributed by atoms with Crippen LogP contribution in [0.2, 0.25) is 0 Å². The number of nitrogens with zero attached hydrogens (tertiary/aromatic N) is 1. The third kappa shape index (κ3) is 5.82. The molecule has 8 heteroatoms. The van der Waals surface area contributed by atoms with Gasteiger partial charge in [0.2, 0.25) is 11.8 Å². The van der Waals surface area contributed by atoms with Crippen LogP contribution in [0.3, 0.4) is 0 Å². The van der Waals surface area contributed by atoms with E-state index in [9.17, 15) is 14.0 Å². The van der Waals surface area contributed by atoms with E-state index in [0.717, 1.165) is 30.6 Å². The first-order valence-corrected chi connectivity index (χ1v) is 12.5. The number of nitrogens with one attached hydrogen (secondary N) is 1. The summed E-state index contributed by atoms with van der Waals surface area (Å²) in [6.45, 7) is 0. The van der Waals surface area contributed by atoms with Gasteiger partial charge in [-0.25, -0.2) is 4.39 Å². The van der Waals surface area contributed by atoms with Crippen molar-refractivity contribution >= 4 is 28.8 Å². The van der Waals surface area contributed by atoms with E-state index in [1.807, 2.05) is 17.5 Å². The van der Waals surface area contributed by atoms with E-state index in [2.05, 4.69) is 5.32 Å². The lowest BCUT2D eigenvalue weighted by molar-refractivity contribution is -0.127. The molecule has 2 aromatic carbocycles. The molecule has 6 nitrogen and oxygen atoms in total. The SMILES string of the molecule is COc1ccc(C(C(=O)NC2CCCC2)N(C(=O)Cc2cccs2)c2cccc(F)c2)c(OC)c1. The zero-order valence-corrected chi connectivity index (χ0v) is 20.6. The Morgan fingerprint density at radius 3 is 2.54 bits per heavy atom. The minimum atomic E-state index is -1.06. The summed E-state index contributed by atoms with van der Waals surface area (Å²) in [5.74, 6) is -0.177. The summed E-state index contributed by atoms with van der Waals surface area (Å²) in [5.41, 5.74) is 0.795. The lowest BCUT2D eigenvalue weighted by Gasteiger charge is -2.33. The molecule has 1 aliphatic rings. The van der Waals surface area contributed by atoms with E-state index in [0.29, 0.717) is 22.7 Å². The summed E-state index contributed by atoms with van der Waals surface area (Å²) in [7, 11) is 3.05. The molecule has 0 bridgehead atoms. The largest absolute Gasteiger partial charge is 0.497 e. The van der Waals surface area contributed by atoms with Gasteiger partial charge in [-0.1, -0.05) is 25.0 Å². The quantitative estimate of drug-likeness (QED) is 0.438. The topological polar surface area (TPSA) is 67.9 Å². The van der Waals surface area contributed by atoms with Crippen molar-refractivity contribution in [1.82, 2.24) is 5.32 Å². The van der Waals surface area contributed by atoms with Crippen LogP contribution in [0.25, 0.3) is 0 Å². The number of anilines is 1. The summed E-state index contributed by atoms with van der Waals surface area (Å²) in [4.78, 5) is 29.9. The number of benzene rings is 2. The van der Waals surface area contributed by atoms with E-state index in [1.54, 1.807) is 31.4 Å². The van der Waals surface area contributed by atoms with Gasteiger partial charge in [-0.15, -0.1) is 11.3 Å². The van der Waals surface area contributed by atoms with E-state index < -0.39 is 11.9 Å². The maximum absolute atomic E-state index is 14.3. The Balaban J connectivity index is 1.83. The lowest BCUT2D eigenvalue weighted by atomic mass is 10.00. The number of rotatable bonds is 9. The molecule has 35 heavy (non-hydrogen) atoms. The minimum absolute atomic E-state index is 0.0380. The molecule has 4 rings (SSSR count). The highest BCUT2D eigenvalue weighted by molar-refractivity contribution is 7.10. The van der Waals surface area contributed by atoms with Gasteiger partial charge in [-0.3, -0.25) is 14.5 Å². The van der Waals surface area contributed by atoms with Gasteiger partial charge in [-0.2, -0.15) is 0 Å². The van der Waals surface area contributed by atoms with E-state index in [-0.39, 0.29) is 24.3 Å².